The van der Waals surface area contributed by atoms with Gasteiger partial charge in [0.25, 0.3) is 0 Å². The Morgan fingerprint density at radius 1 is 1.17 bits per heavy atom. The Morgan fingerprint density at radius 2 is 1.87 bits per heavy atom. The highest BCUT2D eigenvalue weighted by Gasteiger charge is 2.07. The number of carbonyl (C=O) groups excluding carboxylic acids is 1. The Hall–Kier alpha value is -2.47. The van der Waals surface area contributed by atoms with Gasteiger partial charge in [0, 0.05) is 16.9 Å². The van der Waals surface area contributed by atoms with Crippen LogP contribution in [0.2, 0.25) is 0 Å². The third-order valence-electron chi connectivity index (χ3n) is 3.17. The van der Waals surface area contributed by atoms with Crippen molar-refractivity contribution in [1.82, 2.24) is 0 Å². The van der Waals surface area contributed by atoms with Crippen LogP contribution in [-0.2, 0) is 4.74 Å². The van der Waals surface area contributed by atoms with E-state index in [9.17, 15) is 9.18 Å². The molecule has 0 heterocycles. The number of ether oxygens (including phenoxy) is 1. The first kappa shape index (κ1) is 16.9. The predicted molar refractivity (Wildman–Crippen MR) is 93.4 cm³/mol. The molecule has 0 saturated carbocycles. The maximum atomic E-state index is 13.5. The van der Waals surface area contributed by atoms with E-state index in [1.165, 1.54) is 6.07 Å². The van der Waals surface area contributed by atoms with Crippen molar-refractivity contribution in [2.24, 2.45) is 0 Å². The van der Waals surface area contributed by atoms with Gasteiger partial charge in [-0.3, -0.25) is 0 Å². The molecule has 2 rings (SSSR count). The summed E-state index contributed by atoms with van der Waals surface area (Å²) in [5, 5.41) is 6.26. The third-order valence-corrected chi connectivity index (χ3v) is 3.37. The minimum absolute atomic E-state index is 0.295. The van der Waals surface area contributed by atoms with Gasteiger partial charge >= 0.3 is 5.97 Å². The van der Waals surface area contributed by atoms with Gasteiger partial charge in [-0.2, -0.15) is 0 Å². The van der Waals surface area contributed by atoms with Crippen LogP contribution in [0.25, 0.3) is 0 Å². The Bertz CT molecular complexity index is 717. The smallest absolute Gasteiger partial charge is 0.338 e. The number of hydrogen-bond donors (Lipinski definition) is 2. The van der Waals surface area contributed by atoms with Crippen LogP contribution in [0, 0.1) is 12.7 Å². The second-order valence-corrected chi connectivity index (χ2v) is 5.20. The van der Waals surface area contributed by atoms with Crippen LogP contribution in [0.4, 0.5) is 15.8 Å². The van der Waals surface area contributed by atoms with E-state index in [-0.39, 0.29) is 11.8 Å². The number of hydrogen-bond acceptors (Lipinski definition) is 3. The topological polar surface area (TPSA) is 50.4 Å². The molecule has 0 aliphatic carbocycles. The SMILES string of the molecule is CCOC(=O)c1ccc(NC(=S)Nc2cccc(F)c2C)cc1. The second kappa shape index (κ2) is 7.69. The van der Waals surface area contributed by atoms with Crippen LogP contribution in [0.15, 0.2) is 42.5 Å². The number of anilines is 2. The van der Waals surface area contributed by atoms with E-state index in [2.05, 4.69) is 10.6 Å². The average Bonchev–Trinajstić information content (AvgIpc) is 2.53. The molecular formula is C17H17FN2O2S. The van der Waals surface area contributed by atoms with Crippen molar-refractivity contribution in [3.05, 3.63) is 59.4 Å². The number of benzene rings is 2. The molecule has 0 radical (unpaired) electrons. The van der Waals surface area contributed by atoms with Crippen LogP contribution in [0.5, 0.6) is 0 Å². The first-order valence-electron chi connectivity index (χ1n) is 7.11. The van der Waals surface area contributed by atoms with Crippen molar-refractivity contribution in [3.8, 4) is 0 Å². The molecule has 0 spiro atoms. The van der Waals surface area contributed by atoms with Gasteiger partial charge in [0.2, 0.25) is 0 Å². The molecule has 0 aliphatic heterocycles. The third kappa shape index (κ3) is 4.50. The molecule has 2 N–H and O–H groups in total. The predicted octanol–water partition coefficient (Wildman–Crippen LogP) is 4.12. The highest BCUT2D eigenvalue weighted by atomic mass is 32.1. The summed E-state index contributed by atoms with van der Waals surface area (Å²) in [5.74, 6) is -0.660. The fourth-order valence-corrected chi connectivity index (χ4v) is 2.16. The number of halogens is 1. The molecule has 0 amide bonds. The highest BCUT2D eigenvalue weighted by Crippen LogP contribution is 2.18. The summed E-state index contributed by atoms with van der Waals surface area (Å²) in [7, 11) is 0. The van der Waals surface area contributed by atoms with E-state index in [0.29, 0.717) is 34.2 Å². The molecule has 6 heteroatoms. The molecule has 0 aromatic heterocycles. The number of carbonyl (C=O) groups is 1. The lowest BCUT2D eigenvalue weighted by Crippen LogP contribution is -2.19. The number of thiocarbonyl (C=S) groups is 1. The molecule has 2 aromatic rings. The summed E-state index contributed by atoms with van der Waals surface area (Å²) >= 11 is 5.21. The molecule has 0 fully saturated rings. The fraction of sp³-hybridized carbons (Fsp3) is 0.176. The summed E-state index contributed by atoms with van der Waals surface area (Å²) in [6, 6.07) is 11.5. The molecule has 0 unspecified atom stereocenters. The monoisotopic (exact) mass is 332 g/mol. The average molecular weight is 332 g/mol. The lowest BCUT2D eigenvalue weighted by molar-refractivity contribution is 0.0526. The standard InChI is InChI=1S/C17H17FN2O2S/c1-3-22-16(21)12-7-9-13(10-8-12)19-17(23)20-15-6-4-5-14(18)11(15)2/h4-10H,3H2,1-2H3,(H2,19,20,23). The summed E-state index contributed by atoms with van der Waals surface area (Å²) < 4.78 is 18.4. The zero-order chi connectivity index (χ0) is 16.8. The molecule has 0 aliphatic rings. The van der Waals surface area contributed by atoms with Gasteiger partial charge in [0.1, 0.15) is 5.82 Å². The molecule has 2 aromatic carbocycles. The van der Waals surface area contributed by atoms with Gasteiger partial charge in [-0.1, -0.05) is 6.07 Å². The molecular weight excluding hydrogens is 315 g/mol. The van der Waals surface area contributed by atoms with E-state index < -0.39 is 0 Å². The summed E-state index contributed by atoms with van der Waals surface area (Å²) in [5.41, 5.74) is 2.28. The van der Waals surface area contributed by atoms with Crippen LogP contribution in [0.1, 0.15) is 22.8 Å². The molecule has 0 atom stereocenters. The maximum Gasteiger partial charge on any atom is 0.338 e. The normalized spacial score (nSPS) is 10.0. The summed E-state index contributed by atoms with van der Waals surface area (Å²) in [6.45, 7) is 3.76. The largest absolute Gasteiger partial charge is 0.462 e. The maximum absolute atomic E-state index is 13.5. The van der Waals surface area contributed by atoms with E-state index in [1.54, 1.807) is 50.2 Å². The van der Waals surface area contributed by atoms with Crippen molar-refractivity contribution in [2.75, 3.05) is 17.2 Å². The zero-order valence-corrected chi connectivity index (χ0v) is 13.7. The van der Waals surface area contributed by atoms with Crippen LogP contribution < -0.4 is 10.6 Å². The summed E-state index contributed by atoms with van der Waals surface area (Å²) in [4.78, 5) is 11.6. The Labute approximate surface area is 139 Å². The quantitative estimate of drug-likeness (QED) is 0.651. The van der Waals surface area contributed by atoms with Crippen molar-refractivity contribution in [2.45, 2.75) is 13.8 Å². The van der Waals surface area contributed by atoms with E-state index >= 15 is 0 Å². The van der Waals surface area contributed by atoms with Crippen LogP contribution in [0.3, 0.4) is 0 Å². The Balaban J connectivity index is 2.00. The van der Waals surface area contributed by atoms with Gasteiger partial charge in [-0.25, -0.2) is 9.18 Å². The molecule has 0 bridgehead atoms. The number of nitrogens with one attached hydrogen (secondary N) is 2. The van der Waals surface area contributed by atoms with E-state index in [0.717, 1.165) is 0 Å². The Kier molecular flexibility index (Phi) is 5.65. The molecule has 0 saturated heterocycles. The zero-order valence-electron chi connectivity index (χ0n) is 12.9. The van der Waals surface area contributed by atoms with E-state index in [1.807, 2.05) is 0 Å². The van der Waals surface area contributed by atoms with Crippen molar-refractivity contribution >= 4 is 34.7 Å². The second-order valence-electron chi connectivity index (χ2n) is 4.79. The van der Waals surface area contributed by atoms with Crippen molar-refractivity contribution in [1.29, 1.82) is 0 Å². The van der Waals surface area contributed by atoms with Crippen LogP contribution >= 0.6 is 12.2 Å². The van der Waals surface area contributed by atoms with Gasteiger partial charge in [0.15, 0.2) is 5.11 Å². The molecule has 120 valence electrons. The number of esters is 1. The molecule has 4 nitrogen and oxygen atoms in total. The summed E-state index contributed by atoms with van der Waals surface area (Å²) in [6.07, 6.45) is 0. The first-order valence-corrected chi connectivity index (χ1v) is 7.52. The van der Waals surface area contributed by atoms with Gasteiger partial charge in [-0.15, -0.1) is 0 Å². The first-order chi connectivity index (χ1) is 11.0. The van der Waals surface area contributed by atoms with Gasteiger partial charge < -0.3 is 15.4 Å². The highest BCUT2D eigenvalue weighted by molar-refractivity contribution is 7.80. The van der Waals surface area contributed by atoms with Crippen molar-refractivity contribution < 1.29 is 13.9 Å². The Morgan fingerprint density at radius 3 is 2.52 bits per heavy atom. The van der Waals surface area contributed by atoms with E-state index in [4.69, 9.17) is 17.0 Å². The lowest BCUT2D eigenvalue weighted by Gasteiger charge is -2.13. The minimum atomic E-state index is -0.366. The number of rotatable bonds is 4. The van der Waals surface area contributed by atoms with Crippen molar-refractivity contribution in [3.63, 3.8) is 0 Å². The lowest BCUT2D eigenvalue weighted by atomic mass is 10.2. The molecule has 23 heavy (non-hydrogen) atoms. The fourth-order valence-electron chi connectivity index (χ4n) is 1.93. The minimum Gasteiger partial charge on any atom is -0.462 e. The van der Waals surface area contributed by atoms with Gasteiger partial charge in [-0.05, 0) is 62.5 Å². The van der Waals surface area contributed by atoms with Gasteiger partial charge in [0.05, 0.1) is 12.2 Å². The van der Waals surface area contributed by atoms with Crippen LogP contribution in [-0.4, -0.2) is 17.7 Å².